The lowest BCUT2D eigenvalue weighted by molar-refractivity contribution is -0.384. The van der Waals surface area contributed by atoms with Gasteiger partial charge in [-0.1, -0.05) is 18.5 Å². The summed E-state index contributed by atoms with van der Waals surface area (Å²) in [6.07, 6.45) is 2.77. The lowest BCUT2D eigenvalue weighted by atomic mass is 9.97. The molecule has 2 aromatic rings. The first kappa shape index (κ1) is 25.5. The first-order valence-corrected chi connectivity index (χ1v) is 11.6. The van der Waals surface area contributed by atoms with Crippen molar-refractivity contribution in [1.82, 2.24) is 5.32 Å². The van der Waals surface area contributed by atoms with Crippen LogP contribution in [0.15, 0.2) is 36.4 Å². The van der Waals surface area contributed by atoms with Gasteiger partial charge in [-0.3, -0.25) is 19.7 Å². The van der Waals surface area contributed by atoms with Crippen LogP contribution in [0.4, 0.5) is 17.1 Å². The number of anilines is 2. The normalized spacial score (nSPS) is 14.0. The van der Waals surface area contributed by atoms with E-state index in [1.807, 2.05) is 6.07 Å². The van der Waals surface area contributed by atoms with Gasteiger partial charge in [-0.05, 0) is 55.5 Å². The molecule has 2 amide bonds. The number of halogens is 1. The Labute approximate surface area is 203 Å². The smallest absolute Gasteiger partial charge is 0.288 e. The maximum atomic E-state index is 13.0. The molecule has 1 aliphatic rings. The van der Waals surface area contributed by atoms with Crippen LogP contribution in [0.5, 0.6) is 0 Å². The number of nitro benzene ring substituents is 1. The molecule has 0 spiro atoms. The molecule has 1 aliphatic heterocycles. The minimum Gasteiger partial charge on any atom is -0.385 e. The Balaban J connectivity index is 1.83. The lowest BCUT2D eigenvalue weighted by Gasteiger charge is -2.33. The molecule has 0 unspecified atom stereocenters. The largest absolute Gasteiger partial charge is 0.385 e. The molecular formula is C24H29ClN4O5. The molecule has 1 heterocycles. The van der Waals surface area contributed by atoms with E-state index in [1.165, 1.54) is 12.1 Å². The lowest BCUT2D eigenvalue weighted by Crippen LogP contribution is -2.35. The van der Waals surface area contributed by atoms with Gasteiger partial charge < -0.3 is 20.3 Å². The first-order valence-electron chi connectivity index (χ1n) is 11.2. The van der Waals surface area contributed by atoms with Crippen LogP contribution in [0.3, 0.4) is 0 Å². The van der Waals surface area contributed by atoms with Crippen LogP contribution in [0.25, 0.3) is 0 Å². The highest BCUT2D eigenvalue weighted by molar-refractivity contribution is 6.32. The Bertz CT molecular complexity index is 1050. The van der Waals surface area contributed by atoms with Gasteiger partial charge in [-0.25, -0.2) is 0 Å². The number of piperidine rings is 1. The number of nitro groups is 1. The molecule has 3 rings (SSSR count). The molecule has 0 radical (unpaired) electrons. The van der Waals surface area contributed by atoms with Crippen molar-refractivity contribution in [3.63, 3.8) is 0 Å². The first-order chi connectivity index (χ1) is 16.3. The van der Waals surface area contributed by atoms with Crippen LogP contribution < -0.4 is 15.5 Å². The number of amides is 2. The van der Waals surface area contributed by atoms with Crippen molar-refractivity contribution in [3.05, 3.63) is 62.7 Å². The highest BCUT2D eigenvalue weighted by atomic mass is 35.5. The Kier molecular flexibility index (Phi) is 8.84. The second kappa shape index (κ2) is 11.8. The summed E-state index contributed by atoms with van der Waals surface area (Å²) < 4.78 is 5.04. The summed E-state index contributed by atoms with van der Waals surface area (Å²) >= 11 is 5.84. The molecule has 0 bridgehead atoms. The molecule has 1 fully saturated rings. The fourth-order valence-corrected chi connectivity index (χ4v) is 4.02. The van der Waals surface area contributed by atoms with Crippen molar-refractivity contribution in [1.29, 1.82) is 0 Å². The van der Waals surface area contributed by atoms with Gasteiger partial charge in [0, 0.05) is 56.4 Å². The number of benzene rings is 2. The number of hydrogen-bond acceptors (Lipinski definition) is 6. The van der Waals surface area contributed by atoms with Crippen molar-refractivity contribution in [2.45, 2.75) is 26.2 Å². The van der Waals surface area contributed by atoms with Crippen molar-refractivity contribution >= 4 is 40.5 Å². The average molecular weight is 489 g/mol. The Hall–Kier alpha value is -3.17. The summed E-state index contributed by atoms with van der Waals surface area (Å²) in [5.41, 5.74) is 1.44. The summed E-state index contributed by atoms with van der Waals surface area (Å²) in [5, 5.41) is 16.7. The quantitative estimate of drug-likeness (QED) is 0.305. The molecule has 0 atom stereocenters. The summed E-state index contributed by atoms with van der Waals surface area (Å²) in [6.45, 7) is 4.94. The van der Waals surface area contributed by atoms with E-state index in [-0.39, 0.29) is 22.2 Å². The van der Waals surface area contributed by atoms with Crippen LogP contribution >= 0.6 is 11.6 Å². The fraction of sp³-hybridized carbons (Fsp3) is 0.417. The van der Waals surface area contributed by atoms with Gasteiger partial charge >= 0.3 is 0 Å². The zero-order valence-corrected chi connectivity index (χ0v) is 20.1. The number of rotatable bonds is 9. The van der Waals surface area contributed by atoms with E-state index in [2.05, 4.69) is 22.5 Å². The molecule has 2 aromatic carbocycles. The Morgan fingerprint density at radius 2 is 1.91 bits per heavy atom. The predicted molar refractivity (Wildman–Crippen MR) is 132 cm³/mol. The van der Waals surface area contributed by atoms with E-state index in [0.29, 0.717) is 36.7 Å². The van der Waals surface area contributed by atoms with Crippen LogP contribution in [0, 0.1) is 16.0 Å². The highest BCUT2D eigenvalue weighted by Gasteiger charge is 2.22. The zero-order chi connectivity index (χ0) is 24.7. The Morgan fingerprint density at radius 1 is 1.18 bits per heavy atom. The standard InChI is InChI=1S/C24H29ClN4O5/c1-16-8-11-28(12-9-16)21-7-5-18(15-19(21)24(31)26-10-3-13-34-2)27-23(30)17-4-6-20(25)22(14-17)29(32)33/h4-7,14-16H,3,8-13H2,1-2H3,(H,26,31)(H,27,30). The molecule has 0 aliphatic carbocycles. The minimum absolute atomic E-state index is 0.0471. The summed E-state index contributed by atoms with van der Waals surface area (Å²) in [5.74, 6) is -0.127. The van der Waals surface area contributed by atoms with Gasteiger partial charge in [-0.15, -0.1) is 0 Å². The Morgan fingerprint density at radius 3 is 2.59 bits per heavy atom. The van der Waals surface area contributed by atoms with Gasteiger partial charge in [0.15, 0.2) is 0 Å². The monoisotopic (exact) mass is 488 g/mol. The third-order valence-corrected chi connectivity index (χ3v) is 6.16. The fourth-order valence-electron chi connectivity index (χ4n) is 3.83. The van der Waals surface area contributed by atoms with E-state index in [1.54, 1.807) is 19.2 Å². The third-order valence-electron chi connectivity index (χ3n) is 5.84. The SMILES string of the molecule is COCCCNC(=O)c1cc(NC(=O)c2ccc(Cl)c([N+](=O)[O-])c2)ccc1N1CCC(C)CC1. The van der Waals surface area contributed by atoms with Gasteiger partial charge in [0.1, 0.15) is 5.02 Å². The van der Waals surface area contributed by atoms with Crippen LogP contribution in [-0.4, -0.2) is 50.1 Å². The third kappa shape index (κ3) is 6.45. The second-order valence-corrected chi connectivity index (χ2v) is 8.79. The highest BCUT2D eigenvalue weighted by Crippen LogP contribution is 2.30. The predicted octanol–water partition coefficient (Wildman–Crippen LogP) is 4.50. The van der Waals surface area contributed by atoms with Crippen molar-refractivity contribution in [2.24, 2.45) is 5.92 Å². The number of nitrogens with zero attached hydrogens (tertiary/aromatic N) is 2. The van der Waals surface area contributed by atoms with E-state index in [9.17, 15) is 19.7 Å². The molecule has 182 valence electrons. The van der Waals surface area contributed by atoms with Gasteiger partial charge in [0.25, 0.3) is 17.5 Å². The number of carbonyl (C=O) groups is 2. The maximum Gasteiger partial charge on any atom is 0.288 e. The zero-order valence-electron chi connectivity index (χ0n) is 19.3. The van der Waals surface area contributed by atoms with E-state index >= 15 is 0 Å². The van der Waals surface area contributed by atoms with E-state index in [0.717, 1.165) is 37.7 Å². The van der Waals surface area contributed by atoms with Gasteiger partial charge in [-0.2, -0.15) is 0 Å². The molecule has 0 saturated carbocycles. The maximum absolute atomic E-state index is 13.0. The molecule has 34 heavy (non-hydrogen) atoms. The summed E-state index contributed by atoms with van der Waals surface area (Å²) in [4.78, 5) is 38.5. The van der Waals surface area contributed by atoms with Gasteiger partial charge in [0.2, 0.25) is 0 Å². The summed E-state index contributed by atoms with van der Waals surface area (Å²) in [7, 11) is 1.61. The average Bonchev–Trinajstić information content (AvgIpc) is 2.82. The molecule has 10 heteroatoms. The topological polar surface area (TPSA) is 114 Å². The second-order valence-electron chi connectivity index (χ2n) is 8.38. The van der Waals surface area contributed by atoms with E-state index < -0.39 is 10.8 Å². The molecule has 1 saturated heterocycles. The molecule has 2 N–H and O–H groups in total. The van der Waals surface area contributed by atoms with Crippen molar-refractivity contribution in [3.8, 4) is 0 Å². The number of nitrogens with one attached hydrogen (secondary N) is 2. The van der Waals surface area contributed by atoms with E-state index in [4.69, 9.17) is 16.3 Å². The number of methoxy groups -OCH3 is 1. The van der Waals surface area contributed by atoms with Crippen LogP contribution in [0.2, 0.25) is 5.02 Å². The summed E-state index contributed by atoms with van der Waals surface area (Å²) in [6, 6.07) is 9.06. The van der Waals surface area contributed by atoms with Crippen molar-refractivity contribution in [2.75, 3.05) is 43.6 Å². The minimum atomic E-state index is -0.639. The van der Waals surface area contributed by atoms with Crippen LogP contribution in [0.1, 0.15) is 46.9 Å². The van der Waals surface area contributed by atoms with Crippen molar-refractivity contribution < 1.29 is 19.2 Å². The number of ether oxygens (including phenoxy) is 1. The number of carbonyl (C=O) groups excluding carboxylic acids is 2. The molecule has 9 nitrogen and oxygen atoms in total. The molecular weight excluding hydrogens is 460 g/mol. The molecule has 0 aromatic heterocycles. The van der Waals surface area contributed by atoms with Gasteiger partial charge in [0.05, 0.1) is 10.5 Å². The van der Waals surface area contributed by atoms with Crippen LogP contribution in [-0.2, 0) is 4.74 Å². The number of hydrogen-bond donors (Lipinski definition) is 2.